The van der Waals surface area contributed by atoms with Crippen LogP contribution < -0.4 is 15.4 Å². The number of aromatic nitrogens is 3. The summed E-state index contributed by atoms with van der Waals surface area (Å²) >= 11 is 0. The Morgan fingerprint density at radius 3 is 2.74 bits per heavy atom. The number of aliphatic imine (C=N–C) groups is 1. The quantitative estimate of drug-likeness (QED) is 0.303. The minimum absolute atomic E-state index is 0.506. The molecule has 0 amide bonds. The smallest absolute Gasteiger partial charge is 0.191 e. The van der Waals surface area contributed by atoms with Crippen LogP contribution in [0.5, 0.6) is 5.75 Å². The number of nitrogens with one attached hydrogen (secondary N) is 3. The molecular formula is C24H28N6O. The molecule has 0 radical (unpaired) electrons. The standard InChI is InChI=1S/C24H28N6O/c1-3-25-24(26-14-12-18-16-27-23-7-5-4-6-22(18)23)28-17-19-13-15-30(29-19)20-8-10-21(31-2)11-9-20/h4-11,13,15-16,27H,3,12,14,17H2,1-2H3,(H2,25,26,28). The number of guanidine groups is 1. The molecule has 0 aliphatic heterocycles. The molecule has 31 heavy (non-hydrogen) atoms. The molecule has 4 rings (SSSR count). The fourth-order valence-electron chi connectivity index (χ4n) is 3.48. The van der Waals surface area contributed by atoms with Gasteiger partial charge >= 0.3 is 0 Å². The molecule has 0 bridgehead atoms. The van der Waals surface area contributed by atoms with E-state index in [0.29, 0.717) is 6.54 Å². The van der Waals surface area contributed by atoms with E-state index in [1.165, 1.54) is 16.5 Å². The molecule has 0 saturated carbocycles. The lowest BCUT2D eigenvalue weighted by molar-refractivity contribution is 0.414. The Balaban J connectivity index is 1.35. The van der Waals surface area contributed by atoms with Crippen molar-refractivity contribution in [2.75, 3.05) is 20.2 Å². The largest absolute Gasteiger partial charge is 0.497 e. The third-order valence-corrected chi connectivity index (χ3v) is 5.09. The van der Waals surface area contributed by atoms with Crippen molar-refractivity contribution in [1.29, 1.82) is 0 Å². The molecule has 0 unspecified atom stereocenters. The van der Waals surface area contributed by atoms with Gasteiger partial charge in [0, 0.05) is 36.4 Å². The first-order chi connectivity index (χ1) is 15.3. The van der Waals surface area contributed by atoms with E-state index < -0.39 is 0 Å². The van der Waals surface area contributed by atoms with Crippen LogP contribution in [0.4, 0.5) is 0 Å². The highest BCUT2D eigenvalue weighted by Gasteiger charge is 2.05. The number of rotatable bonds is 8. The first-order valence-electron chi connectivity index (χ1n) is 10.5. The lowest BCUT2D eigenvalue weighted by Crippen LogP contribution is -2.38. The Labute approximate surface area is 182 Å². The summed E-state index contributed by atoms with van der Waals surface area (Å²) in [5, 5.41) is 12.6. The number of nitrogens with zero attached hydrogens (tertiary/aromatic N) is 3. The van der Waals surface area contributed by atoms with Crippen LogP contribution in [0.15, 0.2) is 72.0 Å². The first kappa shape index (κ1) is 20.5. The van der Waals surface area contributed by atoms with Crippen LogP contribution in [0.1, 0.15) is 18.2 Å². The number of hydrogen-bond acceptors (Lipinski definition) is 3. The summed E-state index contributed by atoms with van der Waals surface area (Å²) < 4.78 is 7.06. The number of para-hydroxylation sites is 1. The summed E-state index contributed by atoms with van der Waals surface area (Å²) in [6.45, 7) is 4.17. The Morgan fingerprint density at radius 2 is 1.94 bits per heavy atom. The van der Waals surface area contributed by atoms with Crippen LogP contribution in [0, 0.1) is 0 Å². The van der Waals surface area contributed by atoms with E-state index in [0.717, 1.165) is 42.6 Å². The number of ether oxygens (including phenoxy) is 1. The molecule has 0 saturated heterocycles. The number of methoxy groups -OCH3 is 1. The molecule has 0 fully saturated rings. The molecule has 3 N–H and O–H groups in total. The average Bonchev–Trinajstić information content (AvgIpc) is 3.45. The zero-order valence-electron chi connectivity index (χ0n) is 17.9. The van der Waals surface area contributed by atoms with Crippen LogP contribution in [0.3, 0.4) is 0 Å². The van der Waals surface area contributed by atoms with Gasteiger partial charge in [0.05, 0.1) is 25.0 Å². The van der Waals surface area contributed by atoms with Gasteiger partial charge in [0.25, 0.3) is 0 Å². The Bertz CT molecular complexity index is 1140. The van der Waals surface area contributed by atoms with Gasteiger partial charge in [0.15, 0.2) is 5.96 Å². The van der Waals surface area contributed by atoms with Crippen LogP contribution in [-0.2, 0) is 13.0 Å². The molecule has 0 atom stereocenters. The maximum absolute atomic E-state index is 5.21. The number of hydrogen-bond donors (Lipinski definition) is 3. The molecule has 0 aliphatic carbocycles. The Morgan fingerprint density at radius 1 is 1.10 bits per heavy atom. The summed E-state index contributed by atoms with van der Waals surface area (Å²) in [5.41, 5.74) is 4.37. The second-order valence-electron chi connectivity index (χ2n) is 7.18. The number of aromatic amines is 1. The molecular weight excluding hydrogens is 388 g/mol. The van der Waals surface area contributed by atoms with E-state index in [2.05, 4.69) is 52.0 Å². The summed E-state index contributed by atoms with van der Waals surface area (Å²) in [7, 11) is 1.66. The zero-order valence-corrected chi connectivity index (χ0v) is 17.9. The second-order valence-corrected chi connectivity index (χ2v) is 7.18. The highest BCUT2D eigenvalue weighted by molar-refractivity contribution is 5.83. The van der Waals surface area contributed by atoms with Gasteiger partial charge in [-0.15, -0.1) is 0 Å². The minimum atomic E-state index is 0.506. The molecule has 0 aliphatic rings. The van der Waals surface area contributed by atoms with Gasteiger partial charge in [-0.3, -0.25) is 0 Å². The second kappa shape index (κ2) is 9.84. The third kappa shape index (κ3) is 5.06. The number of H-pyrrole nitrogens is 1. The molecule has 4 aromatic rings. The monoisotopic (exact) mass is 416 g/mol. The maximum atomic E-state index is 5.21. The van der Waals surface area contributed by atoms with Crippen molar-refractivity contribution in [3.05, 3.63) is 78.2 Å². The van der Waals surface area contributed by atoms with Crippen molar-refractivity contribution in [2.24, 2.45) is 4.99 Å². The van der Waals surface area contributed by atoms with Crippen LogP contribution >= 0.6 is 0 Å². The van der Waals surface area contributed by atoms with E-state index >= 15 is 0 Å². The van der Waals surface area contributed by atoms with E-state index in [4.69, 9.17) is 9.73 Å². The van der Waals surface area contributed by atoms with Crippen LogP contribution in [-0.4, -0.2) is 40.9 Å². The Kier molecular flexibility index (Phi) is 6.52. The van der Waals surface area contributed by atoms with Gasteiger partial charge in [-0.2, -0.15) is 5.10 Å². The van der Waals surface area contributed by atoms with Gasteiger partial charge in [0.1, 0.15) is 5.75 Å². The average molecular weight is 417 g/mol. The van der Waals surface area contributed by atoms with Crippen molar-refractivity contribution >= 4 is 16.9 Å². The van der Waals surface area contributed by atoms with Gasteiger partial charge in [-0.25, -0.2) is 9.67 Å². The van der Waals surface area contributed by atoms with Crippen LogP contribution in [0.25, 0.3) is 16.6 Å². The fraction of sp³-hybridized carbons (Fsp3) is 0.250. The summed E-state index contributed by atoms with van der Waals surface area (Å²) in [6.07, 6.45) is 4.95. The normalized spacial score (nSPS) is 11.6. The lowest BCUT2D eigenvalue weighted by Gasteiger charge is -2.10. The SMILES string of the molecule is CCNC(=NCc1ccn(-c2ccc(OC)cc2)n1)NCCc1c[nH]c2ccccc12. The van der Waals surface area contributed by atoms with E-state index in [-0.39, 0.29) is 0 Å². The van der Waals surface area contributed by atoms with Crippen molar-refractivity contribution in [3.8, 4) is 11.4 Å². The molecule has 7 heteroatoms. The van der Waals surface area contributed by atoms with Crippen molar-refractivity contribution in [1.82, 2.24) is 25.4 Å². The van der Waals surface area contributed by atoms with E-state index in [1.54, 1.807) is 7.11 Å². The topological polar surface area (TPSA) is 79.3 Å². The van der Waals surface area contributed by atoms with Crippen molar-refractivity contribution in [2.45, 2.75) is 19.9 Å². The summed E-state index contributed by atoms with van der Waals surface area (Å²) in [6, 6.07) is 18.2. The fourth-order valence-corrected chi connectivity index (χ4v) is 3.48. The van der Waals surface area contributed by atoms with Crippen molar-refractivity contribution < 1.29 is 4.74 Å². The molecule has 7 nitrogen and oxygen atoms in total. The molecule has 2 aromatic carbocycles. The molecule has 2 aromatic heterocycles. The van der Waals surface area contributed by atoms with Crippen molar-refractivity contribution in [3.63, 3.8) is 0 Å². The van der Waals surface area contributed by atoms with Gasteiger partial charge < -0.3 is 20.4 Å². The summed E-state index contributed by atoms with van der Waals surface area (Å²) in [5.74, 6) is 1.62. The minimum Gasteiger partial charge on any atom is -0.497 e. The van der Waals surface area contributed by atoms with Gasteiger partial charge in [-0.05, 0) is 55.3 Å². The predicted octanol–water partition coefficient (Wildman–Crippen LogP) is 3.66. The predicted molar refractivity (Wildman–Crippen MR) is 125 cm³/mol. The summed E-state index contributed by atoms with van der Waals surface area (Å²) in [4.78, 5) is 8.02. The third-order valence-electron chi connectivity index (χ3n) is 5.09. The molecule has 160 valence electrons. The van der Waals surface area contributed by atoms with Crippen LogP contribution in [0.2, 0.25) is 0 Å². The van der Waals surface area contributed by atoms with Gasteiger partial charge in [-0.1, -0.05) is 18.2 Å². The number of benzene rings is 2. The molecule has 2 heterocycles. The van der Waals surface area contributed by atoms with Gasteiger partial charge in [0.2, 0.25) is 0 Å². The highest BCUT2D eigenvalue weighted by atomic mass is 16.5. The molecule has 0 spiro atoms. The zero-order chi connectivity index (χ0) is 21.5. The highest BCUT2D eigenvalue weighted by Crippen LogP contribution is 2.18. The Hall–Kier alpha value is -3.74. The number of fused-ring (bicyclic) bond motifs is 1. The first-order valence-corrected chi connectivity index (χ1v) is 10.5. The lowest BCUT2D eigenvalue weighted by atomic mass is 10.1. The van der Waals surface area contributed by atoms with E-state index in [9.17, 15) is 0 Å². The maximum Gasteiger partial charge on any atom is 0.191 e. The van der Waals surface area contributed by atoms with E-state index in [1.807, 2.05) is 47.3 Å².